The molecule has 0 atom stereocenters. The molecule has 0 unspecified atom stereocenters. The largest absolute Gasteiger partial charge is 0.449 e. The fraction of sp³-hybridized carbons (Fsp3) is 0.609. The highest BCUT2D eigenvalue weighted by atomic mass is 16.6. The maximum Gasteiger partial charge on any atom is 0.409 e. The van der Waals surface area contributed by atoms with E-state index in [1.165, 1.54) is 6.92 Å². The molecule has 1 spiro atoms. The Bertz CT molecular complexity index is 736. The van der Waals surface area contributed by atoms with Crippen LogP contribution in [0.15, 0.2) is 24.3 Å². The third-order valence-electron chi connectivity index (χ3n) is 6.32. The zero-order valence-corrected chi connectivity index (χ0v) is 17.6. The zero-order chi connectivity index (χ0) is 20.9. The van der Waals surface area contributed by atoms with Gasteiger partial charge in [0.25, 0.3) is 5.91 Å². The second-order valence-corrected chi connectivity index (χ2v) is 8.42. The van der Waals surface area contributed by atoms with Gasteiger partial charge in [0.2, 0.25) is 0 Å². The first-order valence-corrected chi connectivity index (χ1v) is 10.8. The fourth-order valence-corrected chi connectivity index (χ4v) is 4.32. The number of unbranched alkanes of at least 4 members (excludes halogenated alkanes) is 2. The molecule has 29 heavy (non-hydrogen) atoms. The number of benzene rings is 1. The van der Waals surface area contributed by atoms with Crippen LogP contribution in [0.3, 0.4) is 0 Å². The molecule has 1 aromatic rings. The van der Waals surface area contributed by atoms with Crippen molar-refractivity contribution in [1.29, 1.82) is 0 Å². The molecule has 0 aliphatic carbocycles. The highest BCUT2D eigenvalue weighted by Gasteiger charge is 2.43. The van der Waals surface area contributed by atoms with Crippen molar-refractivity contribution in [3.63, 3.8) is 0 Å². The van der Waals surface area contributed by atoms with Gasteiger partial charge in [0.1, 0.15) is 0 Å². The van der Waals surface area contributed by atoms with Crippen molar-refractivity contribution in [1.82, 2.24) is 9.80 Å². The molecule has 0 bridgehead atoms. The minimum Gasteiger partial charge on any atom is -0.449 e. The van der Waals surface area contributed by atoms with Crippen molar-refractivity contribution in [3.05, 3.63) is 35.4 Å². The first kappa shape index (κ1) is 21.3. The van der Waals surface area contributed by atoms with E-state index < -0.39 is 0 Å². The number of hydrogen-bond acceptors (Lipinski definition) is 4. The van der Waals surface area contributed by atoms with Gasteiger partial charge in [-0.1, -0.05) is 31.9 Å². The van der Waals surface area contributed by atoms with Crippen LogP contribution in [0, 0.1) is 5.41 Å². The second kappa shape index (κ2) is 9.42. The number of carbonyl (C=O) groups is 3. The molecule has 1 aromatic carbocycles. The summed E-state index contributed by atoms with van der Waals surface area (Å²) in [5.74, 6) is 0.0127. The van der Waals surface area contributed by atoms with Gasteiger partial charge in [-0.2, -0.15) is 0 Å². The number of nitrogens with zero attached hydrogens (tertiary/aromatic N) is 2. The van der Waals surface area contributed by atoms with Crippen molar-refractivity contribution in [3.8, 4) is 0 Å². The zero-order valence-electron chi connectivity index (χ0n) is 17.6. The lowest BCUT2D eigenvalue weighted by Gasteiger charge is -2.39. The Balaban J connectivity index is 1.49. The summed E-state index contributed by atoms with van der Waals surface area (Å²) in [4.78, 5) is 40.2. The van der Waals surface area contributed by atoms with Gasteiger partial charge in [0.15, 0.2) is 5.78 Å². The van der Waals surface area contributed by atoms with Gasteiger partial charge in [0, 0.05) is 37.3 Å². The minimum atomic E-state index is -0.193. The van der Waals surface area contributed by atoms with Gasteiger partial charge < -0.3 is 14.5 Å². The van der Waals surface area contributed by atoms with E-state index in [1.54, 1.807) is 24.3 Å². The minimum absolute atomic E-state index is 0.00130. The van der Waals surface area contributed by atoms with E-state index in [0.717, 1.165) is 51.6 Å². The number of Topliss-reactive ketones (excluding diaryl/α,β-unsaturated/α-hetero) is 1. The molecular weight excluding hydrogens is 368 g/mol. The van der Waals surface area contributed by atoms with Gasteiger partial charge in [-0.05, 0) is 50.2 Å². The fourth-order valence-electron chi connectivity index (χ4n) is 4.32. The SMILES string of the molecule is CCCCCOC(=O)N1CCC2(CCN(C(=O)c3ccc(C(C)=O)cc3)CC2)C1. The van der Waals surface area contributed by atoms with Gasteiger partial charge >= 0.3 is 6.09 Å². The Morgan fingerprint density at radius 2 is 1.52 bits per heavy atom. The van der Waals surface area contributed by atoms with Crippen LogP contribution in [-0.2, 0) is 4.74 Å². The van der Waals surface area contributed by atoms with E-state index in [-0.39, 0.29) is 23.2 Å². The van der Waals surface area contributed by atoms with Crippen LogP contribution in [0.2, 0.25) is 0 Å². The van der Waals surface area contributed by atoms with E-state index >= 15 is 0 Å². The summed E-state index contributed by atoms with van der Waals surface area (Å²) < 4.78 is 5.40. The first-order chi connectivity index (χ1) is 13.9. The molecule has 0 radical (unpaired) electrons. The Labute approximate surface area is 173 Å². The van der Waals surface area contributed by atoms with Crippen LogP contribution in [0.5, 0.6) is 0 Å². The van der Waals surface area contributed by atoms with Crippen LogP contribution in [0.1, 0.15) is 73.1 Å². The van der Waals surface area contributed by atoms with Gasteiger partial charge in [0.05, 0.1) is 6.61 Å². The molecule has 2 heterocycles. The molecule has 2 aliphatic heterocycles. The molecule has 2 saturated heterocycles. The summed E-state index contributed by atoms with van der Waals surface area (Å²) in [5, 5.41) is 0. The molecular formula is C23H32N2O4. The highest BCUT2D eigenvalue weighted by Crippen LogP contribution is 2.40. The quantitative estimate of drug-likeness (QED) is 0.532. The third-order valence-corrected chi connectivity index (χ3v) is 6.32. The lowest BCUT2D eigenvalue weighted by molar-refractivity contribution is 0.0573. The second-order valence-electron chi connectivity index (χ2n) is 8.42. The molecule has 158 valence electrons. The van der Waals surface area contributed by atoms with Crippen molar-refractivity contribution in [2.75, 3.05) is 32.8 Å². The summed E-state index contributed by atoms with van der Waals surface area (Å²) in [5.41, 5.74) is 1.35. The number of ketones is 1. The number of likely N-dealkylation sites (tertiary alicyclic amines) is 2. The Morgan fingerprint density at radius 3 is 2.10 bits per heavy atom. The van der Waals surface area contributed by atoms with E-state index in [4.69, 9.17) is 4.74 Å². The van der Waals surface area contributed by atoms with Crippen LogP contribution in [0.25, 0.3) is 0 Å². The number of hydrogen-bond donors (Lipinski definition) is 0. The van der Waals surface area contributed by atoms with Crippen molar-refractivity contribution in [2.45, 2.75) is 52.4 Å². The predicted molar refractivity (Wildman–Crippen MR) is 111 cm³/mol. The topological polar surface area (TPSA) is 66.9 Å². The third kappa shape index (κ3) is 5.17. The van der Waals surface area contributed by atoms with E-state index in [0.29, 0.717) is 30.8 Å². The number of piperidine rings is 1. The summed E-state index contributed by atoms with van der Waals surface area (Å²) >= 11 is 0. The Kier molecular flexibility index (Phi) is 6.93. The maximum atomic E-state index is 12.8. The smallest absolute Gasteiger partial charge is 0.409 e. The Hall–Kier alpha value is -2.37. The standard InChI is InChI=1S/C23H32N2O4/c1-3-4-5-16-29-22(28)25-15-12-23(17-25)10-13-24(14-11-23)21(27)20-8-6-19(7-9-20)18(2)26/h6-9H,3-5,10-17H2,1-2H3. The monoisotopic (exact) mass is 400 g/mol. The average Bonchev–Trinajstić information content (AvgIpc) is 3.15. The Morgan fingerprint density at radius 1 is 0.931 bits per heavy atom. The molecule has 6 nitrogen and oxygen atoms in total. The van der Waals surface area contributed by atoms with Crippen LogP contribution in [0.4, 0.5) is 4.79 Å². The first-order valence-electron chi connectivity index (χ1n) is 10.8. The van der Waals surface area contributed by atoms with Crippen LogP contribution < -0.4 is 0 Å². The molecule has 0 aromatic heterocycles. The number of ether oxygens (including phenoxy) is 1. The average molecular weight is 401 g/mol. The molecule has 2 fully saturated rings. The molecule has 0 saturated carbocycles. The molecule has 6 heteroatoms. The normalized spacial score (nSPS) is 18.1. The summed E-state index contributed by atoms with van der Waals surface area (Å²) in [7, 11) is 0. The van der Waals surface area contributed by atoms with Crippen molar-refractivity contribution >= 4 is 17.8 Å². The lowest BCUT2D eigenvalue weighted by Crippen LogP contribution is -2.44. The summed E-state index contributed by atoms with van der Waals surface area (Å²) in [6.45, 7) is 7.03. The van der Waals surface area contributed by atoms with E-state index in [1.807, 2.05) is 9.80 Å². The number of carbonyl (C=O) groups excluding carboxylic acids is 3. The number of amides is 2. The summed E-state index contributed by atoms with van der Waals surface area (Å²) in [6.07, 6.45) is 5.72. The van der Waals surface area contributed by atoms with E-state index in [2.05, 4.69) is 6.92 Å². The van der Waals surface area contributed by atoms with Crippen LogP contribution >= 0.6 is 0 Å². The van der Waals surface area contributed by atoms with E-state index in [9.17, 15) is 14.4 Å². The van der Waals surface area contributed by atoms with Gasteiger partial charge in [-0.3, -0.25) is 9.59 Å². The summed E-state index contributed by atoms with van der Waals surface area (Å²) in [6, 6.07) is 6.88. The van der Waals surface area contributed by atoms with Crippen molar-refractivity contribution in [2.24, 2.45) is 5.41 Å². The maximum absolute atomic E-state index is 12.8. The molecule has 3 rings (SSSR count). The predicted octanol–water partition coefficient (Wildman–Crippen LogP) is 4.14. The van der Waals surface area contributed by atoms with Crippen molar-refractivity contribution < 1.29 is 19.1 Å². The molecule has 2 amide bonds. The van der Waals surface area contributed by atoms with Gasteiger partial charge in [-0.15, -0.1) is 0 Å². The van der Waals surface area contributed by atoms with Gasteiger partial charge in [-0.25, -0.2) is 4.79 Å². The van der Waals surface area contributed by atoms with Crippen LogP contribution in [-0.4, -0.2) is 60.4 Å². The molecule has 0 N–H and O–H groups in total. The highest BCUT2D eigenvalue weighted by molar-refractivity contribution is 5.97. The molecule has 2 aliphatic rings. The lowest BCUT2D eigenvalue weighted by atomic mass is 9.77. The number of rotatable bonds is 6.